The van der Waals surface area contributed by atoms with Crippen LogP contribution in [0.2, 0.25) is 0 Å². The maximum Gasteiger partial charge on any atom is 0.235 e. The first-order valence-corrected chi connectivity index (χ1v) is 7.20. The summed E-state index contributed by atoms with van der Waals surface area (Å²) in [6.45, 7) is 4.81. The van der Waals surface area contributed by atoms with Gasteiger partial charge in [-0.1, -0.05) is 0 Å². The van der Waals surface area contributed by atoms with E-state index in [1.165, 1.54) is 11.8 Å². The van der Waals surface area contributed by atoms with Crippen LogP contribution in [0.1, 0.15) is 13.8 Å². The summed E-state index contributed by atoms with van der Waals surface area (Å²) >= 11 is 1.51. The molecular weight excluding hydrogens is 262 g/mol. The van der Waals surface area contributed by atoms with Gasteiger partial charge in [0.15, 0.2) is 0 Å². The Hall–Kier alpha value is -1.20. The quantitative estimate of drug-likeness (QED) is 0.778. The monoisotopic (exact) mass is 283 g/mol. The molecule has 0 heterocycles. The lowest BCUT2D eigenvalue weighted by molar-refractivity contribution is -0.130. The number of hydrogen-bond donors (Lipinski definition) is 1. The van der Waals surface area contributed by atoms with E-state index in [0.29, 0.717) is 13.1 Å². The molecule has 0 aromatic heterocycles. The third-order valence-corrected chi connectivity index (χ3v) is 3.88. The zero-order valence-electron chi connectivity index (χ0n) is 11.6. The molecule has 0 saturated heterocycles. The number of thioether (sulfide) groups is 1. The molecule has 1 unspecified atom stereocenters. The number of rotatable bonds is 7. The normalized spacial score (nSPS) is 12.0. The molecule has 19 heavy (non-hydrogen) atoms. The zero-order chi connectivity index (χ0) is 14.3. The second kappa shape index (κ2) is 8.07. The highest BCUT2D eigenvalue weighted by Crippen LogP contribution is 2.26. The van der Waals surface area contributed by atoms with Crippen LogP contribution in [-0.4, -0.2) is 48.0 Å². The Labute approximate surface area is 118 Å². The van der Waals surface area contributed by atoms with Gasteiger partial charge < -0.3 is 14.7 Å². The van der Waals surface area contributed by atoms with Gasteiger partial charge in [-0.2, -0.15) is 0 Å². The highest BCUT2D eigenvalue weighted by Gasteiger charge is 2.19. The number of carbonyl (C=O) groups is 1. The third-order valence-electron chi connectivity index (χ3n) is 2.78. The number of nitrogens with zero attached hydrogens (tertiary/aromatic N) is 1. The van der Waals surface area contributed by atoms with E-state index >= 15 is 0 Å². The third kappa shape index (κ3) is 4.76. The van der Waals surface area contributed by atoms with Crippen LogP contribution in [0.25, 0.3) is 0 Å². The predicted octanol–water partition coefficient (Wildman–Crippen LogP) is 2.02. The molecule has 1 aromatic rings. The van der Waals surface area contributed by atoms with Gasteiger partial charge in [0.2, 0.25) is 5.91 Å². The maximum absolute atomic E-state index is 12.2. The second-order valence-electron chi connectivity index (χ2n) is 4.08. The van der Waals surface area contributed by atoms with E-state index < -0.39 is 0 Å². The Kier molecular flexibility index (Phi) is 6.73. The summed E-state index contributed by atoms with van der Waals surface area (Å²) in [6.07, 6.45) is 0. The Morgan fingerprint density at radius 3 is 2.53 bits per heavy atom. The standard InChI is InChI=1S/C14H21NO3S/c1-4-15(9-10-16)14(17)11(2)19-13-7-5-12(18-3)6-8-13/h5-8,11,16H,4,9-10H2,1-3H3. The van der Waals surface area contributed by atoms with Crippen molar-refractivity contribution in [3.05, 3.63) is 24.3 Å². The molecule has 5 heteroatoms. The molecule has 1 N–H and O–H groups in total. The number of benzene rings is 1. The van der Waals surface area contributed by atoms with Crippen LogP contribution >= 0.6 is 11.8 Å². The summed E-state index contributed by atoms with van der Waals surface area (Å²) in [4.78, 5) is 14.9. The van der Waals surface area contributed by atoms with Gasteiger partial charge in [0.25, 0.3) is 0 Å². The van der Waals surface area contributed by atoms with Gasteiger partial charge in [0.05, 0.1) is 19.0 Å². The van der Waals surface area contributed by atoms with Crippen LogP contribution < -0.4 is 4.74 Å². The lowest BCUT2D eigenvalue weighted by Gasteiger charge is -2.23. The van der Waals surface area contributed by atoms with Crippen molar-refractivity contribution in [1.29, 1.82) is 0 Å². The van der Waals surface area contributed by atoms with Crippen molar-refractivity contribution < 1.29 is 14.6 Å². The Bertz CT molecular complexity index is 394. The maximum atomic E-state index is 12.2. The minimum atomic E-state index is -0.167. The van der Waals surface area contributed by atoms with Gasteiger partial charge in [0.1, 0.15) is 5.75 Å². The van der Waals surface area contributed by atoms with Crippen LogP contribution in [0.3, 0.4) is 0 Å². The van der Waals surface area contributed by atoms with Crippen LogP contribution in [-0.2, 0) is 4.79 Å². The van der Waals surface area contributed by atoms with Gasteiger partial charge in [-0.3, -0.25) is 4.79 Å². The lowest BCUT2D eigenvalue weighted by Crippen LogP contribution is -2.38. The van der Waals surface area contributed by atoms with Crippen molar-refractivity contribution in [3.8, 4) is 5.75 Å². The van der Waals surface area contributed by atoms with Crippen molar-refractivity contribution in [2.45, 2.75) is 24.0 Å². The second-order valence-corrected chi connectivity index (χ2v) is 5.49. The number of aliphatic hydroxyl groups is 1. The molecule has 106 valence electrons. The van der Waals surface area contributed by atoms with Gasteiger partial charge in [-0.25, -0.2) is 0 Å². The fraction of sp³-hybridized carbons (Fsp3) is 0.500. The minimum absolute atomic E-state index is 0.000494. The number of likely N-dealkylation sites (N-methyl/N-ethyl adjacent to an activating group) is 1. The number of carbonyl (C=O) groups excluding carboxylic acids is 1. The Morgan fingerprint density at radius 2 is 2.05 bits per heavy atom. The summed E-state index contributed by atoms with van der Waals surface area (Å²) in [5.74, 6) is 0.858. The fourth-order valence-corrected chi connectivity index (χ4v) is 2.66. The van der Waals surface area contributed by atoms with Gasteiger partial charge in [-0.15, -0.1) is 11.8 Å². The van der Waals surface area contributed by atoms with Gasteiger partial charge in [-0.05, 0) is 38.1 Å². The number of aliphatic hydroxyl groups excluding tert-OH is 1. The Balaban J connectivity index is 2.61. The molecule has 1 aromatic carbocycles. The van der Waals surface area contributed by atoms with Crippen LogP contribution in [0.15, 0.2) is 29.2 Å². The van der Waals surface area contributed by atoms with Crippen molar-refractivity contribution in [1.82, 2.24) is 4.90 Å². The molecule has 0 saturated carbocycles. The molecule has 0 spiro atoms. The molecule has 1 amide bonds. The van der Waals surface area contributed by atoms with E-state index in [0.717, 1.165) is 10.6 Å². The number of methoxy groups -OCH3 is 1. The van der Waals surface area contributed by atoms with E-state index in [-0.39, 0.29) is 17.8 Å². The average Bonchev–Trinajstić information content (AvgIpc) is 2.44. The number of hydrogen-bond acceptors (Lipinski definition) is 4. The van der Waals surface area contributed by atoms with Crippen LogP contribution in [0, 0.1) is 0 Å². The zero-order valence-corrected chi connectivity index (χ0v) is 12.4. The first kappa shape index (κ1) is 15.9. The average molecular weight is 283 g/mol. The molecule has 1 atom stereocenters. The number of amides is 1. The molecule has 4 nitrogen and oxygen atoms in total. The van der Waals surface area contributed by atoms with Gasteiger partial charge in [0, 0.05) is 18.0 Å². The highest BCUT2D eigenvalue weighted by atomic mass is 32.2. The molecule has 0 aliphatic rings. The first-order chi connectivity index (χ1) is 9.12. The van der Waals surface area contributed by atoms with Crippen molar-refractivity contribution in [3.63, 3.8) is 0 Å². The summed E-state index contributed by atoms with van der Waals surface area (Å²) in [5, 5.41) is 8.76. The minimum Gasteiger partial charge on any atom is -0.497 e. The molecule has 0 aliphatic carbocycles. The van der Waals surface area contributed by atoms with E-state index in [1.54, 1.807) is 12.0 Å². The molecule has 0 fully saturated rings. The van der Waals surface area contributed by atoms with Gasteiger partial charge >= 0.3 is 0 Å². The van der Waals surface area contributed by atoms with E-state index in [1.807, 2.05) is 38.1 Å². The topological polar surface area (TPSA) is 49.8 Å². The molecular formula is C14H21NO3S. The first-order valence-electron chi connectivity index (χ1n) is 6.32. The SMILES string of the molecule is CCN(CCO)C(=O)C(C)Sc1ccc(OC)cc1. The molecule has 0 aliphatic heterocycles. The van der Waals surface area contributed by atoms with Crippen molar-refractivity contribution in [2.24, 2.45) is 0 Å². The molecule has 0 radical (unpaired) electrons. The van der Waals surface area contributed by atoms with Crippen LogP contribution in [0.5, 0.6) is 5.75 Å². The van der Waals surface area contributed by atoms with E-state index in [9.17, 15) is 4.79 Å². The summed E-state index contributed by atoms with van der Waals surface area (Å²) in [7, 11) is 1.63. The lowest BCUT2D eigenvalue weighted by atomic mass is 10.3. The van der Waals surface area contributed by atoms with E-state index in [4.69, 9.17) is 9.84 Å². The molecule has 0 bridgehead atoms. The summed E-state index contributed by atoms with van der Waals surface area (Å²) in [5.41, 5.74) is 0. The highest BCUT2D eigenvalue weighted by molar-refractivity contribution is 8.00. The summed E-state index contributed by atoms with van der Waals surface area (Å²) in [6, 6.07) is 7.64. The smallest absolute Gasteiger partial charge is 0.235 e. The largest absolute Gasteiger partial charge is 0.497 e. The van der Waals surface area contributed by atoms with Crippen molar-refractivity contribution >= 4 is 17.7 Å². The van der Waals surface area contributed by atoms with Crippen LogP contribution in [0.4, 0.5) is 0 Å². The van der Waals surface area contributed by atoms with E-state index in [2.05, 4.69) is 0 Å². The van der Waals surface area contributed by atoms with Crippen molar-refractivity contribution in [2.75, 3.05) is 26.8 Å². The fourth-order valence-electron chi connectivity index (χ4n) is 1.71. The Morgan fingerprint density at radius 1 is 1.42 bits per heavy atom. The molecule has 1 rings (SSSR count). The summed E-state index contributed by atoms with van der Waals surface area (Å²) < 4.78 is 5.10. The number of ether oxygens (including phenoxy) is 1. The predicted molar refractivity (Wildman–Crippen MR) is 77.7 cm³/mol.